The smallest absolute Gasteiger partial charge is 0.268 e. The highest BCUT2D eigenvalue weighted by Gasteiger charge is 2.22. The van der Waals surface area contributed by atoms with E-state index in [2.05, 4.69) is 15.6 Å². The highest BCUT2D eigenvalue weighted by atomic mass is 16.6. The lowest BCUT2D eigenvalue weighted by atomic mass is 10.2. The molecule has 3 aromatic rings. The van der Waals surface area contributed by atoms with Crippen molar-refractivity contribution >= 4 is 28.4 Å². The van der Waals surface area contributed by atoms with Crippen molar-refractivity contribution in [3.05, 3.63) is 36.0 Å². The summed E-state index contributed by atoms with van der Waals surface area (Å²) in [6.45, 7) is 2.53. The number of aromatic nitrogens is 1. The molecule has 10 nitrogen and oxygen atoms in total. The maximum atomic E-state index is 12.8. The minimum absolute atomic E-state index is 0.262. The van der Waals surface area contributed by atoms with E-state index in [1.54, 1.807) is 37.3 Å². The molecule has 2 aromatic carbocycles. The molecule has 0 saturated heterocycles. The Hall–Kier alpha value is -4.08. The number of rotatable bonds is 7. The fourth-order valence-electron chi connectivity index (χ4n) is 3.58. The Labute approximate surface area is 190 Å². The van der Waals surface area contributed by atoms with Crippen LogP contribution in [0.4, 0.5) is 5.69 Å². The lowest BCUT2D eigenvalue weighted by molar-refractivity contribution is -0.117. The van der Waals surface area contributed by atoms with Crippen LogP contribution in [-0.4, -0.2) is 57.4 Å². The summed E-state index contributed by atoms with van der Waals surface area (Å²) in [7, 11) is 4.53. The Morgan fingerprint density at radius 1 is 0.970 bits per heavy atom. The van der Waals surface area contributed by atoms with Crippen molar-refractivity contribution in [2.75, 3.05) is 39.9 Å². The highest BCUT2D eigenvalue weighted by Crippen LogP contribution is 2.43. The quantitative estimate of drug-likeness (QED) is 0.501. The van der Waals surface area contributed by atoms with Gasteiger partial charge in [0.2, 0.25) is 11.7 Å². The van der Waals surface area contributed by atoms with Crippen molar-refractivity contribution in [3.8, 4) is 28.7 Å². The van der Waals surface area contributed by atoms with Crippen LogP contribution < -0.4 is 34.3 Å². The Bertz CT molecular complexity index is 1200. The molecule has 0 saturated carbocycles. The number of ether oxygens (including phenoxy) is 5. The third kappa shape index (κ3) is 4.32. The van der Waals surface area contributed by atoms with Crippen LogP contribution >= 0.6 is 0 Å². The first-order valence-corrected chi connectivity index (χ1v) is 10.3. The SMILES string of the molecule is COc1cc2cc(C(=O)NC(C)C(=O)Nc3ccc4c(c3)OCCO4)[nH]c2c(OC)c1OC. The van der Waals surface area contributed by atoms with Crippen LogP contribution in [0.3, 0.4) is 0 Å². The van der Waals surface area contributed by atoms with E-state index in [4.69, 9.17) is 23.7 Å². The van der Waals surface area contributed by atoms with Crippen molar-refractivity contribution in [3.63, 3.8) is 0 Å². The Balaban J connectivity index is 1.48. The molecular formula is C23H25N3O7. The minimum Gasteiger partial charge on any atom is -0.493 e. The van der Waals surface area contributed by atoms with Crippen molar-refractivity contribution in [2.45, 2.75) is 13.0 Å². The van der Waals surface area contributed by atoms with E-state index < -0.39 is 11.9 Å². The zero-order chi connectivity index (χ0) is 23.5. The van der Waals surface area contributed by atoms with Crippen molar-refractivity contribution in [2.24, 2.45) is 0 Å². The summed E-state index contributed by atoms with van der Waals surface area (Å²) in [6.07, 6.45) is 0. The average Bonchev–Trinajstić information content (AvgIpc) is 3.26. The first-order valence-electron chi connectivity index (χ1n) is 10.3. The molecule has 1 atom stereocenters. The lowest BCUT2D eigenvalue weighted by Gasteiger charge is -2.19. The molecule has 0 aliphatic carbocycles. The number of carbonyl (C=O) groups is 2. The number of nitrogens with one attached hydrogen (secondary N) is 3. The van der Waals surface area contributed by atoms with Crippen LogP contribution in [-0.2, 0) is 4.79 Å². The fourth-order valence-corrected chi connectivity index (χ4v) is 3.58. The van der Waals surface area contributed by atoms with Gasteiger partial charge in [0.05, 0.1) is 26.8 Å². The Morgan fingerprint density at radius 2 is 1.70 bits per heavy atom. The summed E-state index contributed by atoms with van der Waals surface area (Å²) in [6, 6.07) is 7.72. The second kappa shape index (κ2) is 9.19. The van der Waals surface area contributed by atoms with Crippen LogP contribution in [0.15, 0.2) is 30.3 Å². The van der Waals surface area contributed by atoms with Gasteiger partial charge >= 0.3 is 0 Å². The second-order valence-corrected chi connectivity index (χ2v) is 7.34. The van der Waals surface area contributed by atoms with Gasteiger partial charge in [-0.05, 0) is 31.2 Å². The molecule has 0 bridgehead atoms. The van der Waals surface area contributed by atoms with E-state index in [0.29, 0.717) is 58.6 Å². The van der Waals surface area contributed by atoms with Crippen LogP contribution in [0.1, 0.15) is 17.4 Å². The molecule has 1 aliphatic heterocycles. The van der Waals surface area contributed by atoms with Gasteiger partial charge in [-0.15, -0.1) is 0 Å². The third-order valence-corrected chi connectivity index (χ3v) is 5.22. The monoisotopic (exact) mass is 455 g/mol. The molecular weight excluding hydrogens is 430 g/mol. The summed E-state index contributed by atoms with van der Waals surface area (Å²) >= 11 is 0. The summed E-state index contributed by atoms with van der Waals surface area (Å²) in [5.41, 5.74) is 1.38. The number of anilines is 1. The van der Waals surface area contributed by atoms with Gasteiger partial charge in [0.1, 0.15) is 24.9 Å². The molecule has 174 valence electrons. The molecule has 1 unspecified atom stereocenters. The molecule has 10 heteroatoms. The number of hydrogen-bond donors (Lipinski definition) is 3. The zero-order valence-corrected chi connectivity index (χ0v) is 18.7. The Kier molecular flexibility index (Phi) is 6.16. The highest BCUT2D eigenvalue weighted by molar-refractivity contribution is 6.04. The van der Waals surface area contributed by atoms with E-state index in [0.717, 1.165) is 0 Å². The third-order valence-electron chi connectivity index (χ3n) is 5.22. The maximum absolute atomic E-state index is 12.8. The number of aromatic amines is 1. The lowest BCUT2D eigenvalue weighted by Crippen LogP contribution is -2.41. The molecule has 3 N–H and O–H groups in total. The number of carbonyl (C=O) groups excluding carboxylic acids is 2. The van der Waals surface area contributed by atoms with Crippen molar-refractivity contribution in [1.82, 2.24) is 10.3 Å². The first kappa shape index (κ1) is 22.1. The van der Waals surface area contributed by atoms with Crippen LogP contribution in [0, 0.1) is 0 Å². The van der Waals surface area contributed by atoms with E-state index >= 15 is 0 Å². The maximum Gasteiger partial charge on any atom is 0.268 e. The average molecular weight is 455 g/mol. The molecule has 4 rings (SSSR count). The normalized spacial score (nSPS) is 13.2. The summed E-state index contributed by atoms with van der Waals surface area (Å²) in [4.78, 5) is 28.5. The molecule has 2 heterocycles. The summed E-state index contributed by atoms with van der Waals surface area (Å²) in [5.74, 6) is 1.66. The zero-order valence-electron chi connectivity index (χ0n) is 18.7. The van der Waals surface area contributed by atoms with E-state index in [9.17, 15) is 9.59 Å². The molecule has 0 spiro atoms. The number of H-pyrrole nitrogens is 1. The predicted octanol–water partition coefficient (Wildman–Crippen LogP) is 2.72. The summed E-state index contributed by atoms with van der Waals surface area (Å²) < 4.78 is 27.2. The van der Waals surface area contributed by atoms with Gasteiger partial charge < -0.3 is 39.3 Å². The fraction of sp³-hybridized carbons (Fsp3) is 0.304. The first-order chi connectivity index (χ1) is 15.9. The molecule has 0 radical (unpaired) electrons. The van der Waals surface area contributed by atoms with Crippen molar-refractivity contribution in [1.29, 1.82) is 0 Å². The number of fused-ring (bicyclic) bond motifs is 2. The standard InChI is InChI=1S/C23H25N3O7/c1-12(22(27)25-14-5-6-16-17(11-14)33-8-7-32-16)24-23(28)15-9-13-10-18(29-2)20(30-3)21(31-4)19(13)26-15/h5-6,9-12,26H,7-8H2,1-4H3,(H,24,28)(H,25,27). The molecule has 1 aromatic heterocycles. The number of amides is 2. The van der Waals surface area contributed by atoms with E-state index in [1.165, 1.54) is 21.3 Å². The second-order valence-electron chi connectivity index (χ2n) is 7.34. The molecule has 2 amide bonds. The van der Waals surface area contributed by atoms with Crippen LogP contribution in [0.25, 0.3) is 10.9 Å². The van der Waals surface area contributed by atoms with Gasteiger partial charge in [-0.3, -0.25) is 9.59 Å². The van der Waals surface area contributed by atoms with Gasteiger partial charge in [-0.25, -0.2) is 0 Å². The number of hydrogen-bond acceptors (Lipinski definition) is 7. The molecule has 33 heavy (non-hydrogen) atoms. The molecule has 0 fully saturated rings. The number of benzene rings is 2. The summed E-state index contributed by atoms with van der Waals surface area (Å²) in [5, 5.41) is 6.16. The van der Waals surface area contributed by atoms with Gasteiger partial charge in [0.25, 0.3) is 5.91 Å². The topological polar surface area (TPSA) is 120 Å². The Morgan fingerprint density at radius 3 is 2.39 bits per heavy atom. The van der Waals surface area contributed by atoms with Crippen LogP contribution in [0.2, 0.25) is 0 Å². The van der Waals surface area contributed by atoms with Gasteiger partial charge in [-0.1, -0.05) is 0 Å². The van der Waals surface area contributed by atoms with E-state index in [1.807, 2.05) is 0 Å². The van der Waals surface area contributed by atoms with Crippen LogP contribution in [0.5, 0.6) is 28.7 Å². The molecule has 1 aliphatic rings. The van der Waals surface area contributed by atoms with Gasteiger partial charge in [0, 0.05) is 17.1 Å². The van der Waals surface area contributed by atoms with Gasteiger partial charge in [-0.2, -0.15) is 0 Å². The predicted molar refractivity (Wildman–Crippen MR) is 121 cm³/mol. The van der Waals surface area contributed by atoms with Gasteiger partial charge in [0.15, 0.2) is 23.0 Å². The number of methoxy groups -OCH3 is 3. The largest absolute Gasteiger partial charge is 0.493 e. The van der Waals surface area contributed by atoms with Crippen molar-refractivity contribution < 1.29 is 33.3 Å². The minimum atomic E-state index is -0.803. The van der Waals surface area contributed by atoms with E-state index in [-0.39, 0.29) is 11.6 Å².